The van der Waals surface area contributed by atoms with E-state index in [9.17, 15) is 14.4 Å². The minimum atomic E-state index is -0.948. The largest absolute Gasteiger partial charge is 0.444 e. The van der Waals surface area contributed by atoms with E-state index in [1.54, 1.807) is 25.7 Å². The van der Waals surface area contributed by atoms with Crippen LogP contribution in [0.4, 0.5) is 4.79 Å². The summed E-state index contributed by atoms with van der Waals surface area (Å²) in [5, 5.41) is 5.72. The molecule has 0 spiro atoms. The van der Waals surface area contributed by atoms with Gasteiger partial charge in [0, 0.05) is 18.3 Å². The average Bonchev–Trinajstić information content (AvgIpc) is 2.77. The van der Waals surface area contributed by atoms with Crippen LogP contribution in [0.5, 0.6) is 0 Å². The van der Waals surface area contributed by atoms with Crippen LogP contribution in [0.1, 0.15) is 96.9 Å². The number of nitrogens with one attached hydrogen (secondary N) is 2. The number of carbonyl (C=O) groups excluding carboxylic acids is 3. The molecule has 0 aliphatic heterocycles. The summed E-state index contributed by atoms with van der Waals surface area (Å²) < 4.78 is 5.39. The molecule has 2 N–H and O–H groups in total. The van der Waals surface area contributed by atoms with Crippen molar-refractivity contribution in [3.63, 3.8) is 0 Å². The lowest BCUT2D eigenvalue weighted by molar-refractivity contribution is -0.144. The van der Waals surface area contributed by atoms with Gasteiger partial charge < -0.3 is 20.3 Å². The Balaban J connectivity index is 3.54. The van der Waals surface area contributed by atoms with Gasteiger partial charge in [0.25, 0.3) is 0 Å². The molecule has 3 unspecified atom stereocenters. The zero-order chi connectivity index (χ0) is 28.3. The first-order chi connectivity index (χ1) is 17.2. The van der Waals surface area contributed by atoms with Gasteiger partial charge in [-0.25, -0.2) is 4.79 Å². The van der Waals surface area contributed by atoms with Gasteiger partial charge in [0.2, 0.25) is 11.8 Å². The van der Waals surface area contributed by atoms with Crippen molar-refractivity contribution in [3.05, 3.63) is 34.9 Å². The summed E-state index contributed by atoms with van der Waals surface area (Å²) >= 11 is 4.38. The number of ether oxygens (including phenoxy) is 1. The molecule has 210 valence electrons. The van der Waals surface area contributed by atoms with Crippen LogP contribution in [-0.4, -0.2) is 52.8 Å². The number of amides is 3. The number of hydrogen-bond donors (Lipinski definition) is 3. The van der Waals surface area contributed by atoms with Gasteiger partial charge in [-0.15, -0.1) is 0 Å². The monoisotopic (exact) mass is 535 g/mol. The first-order valence-electron chi connectivity index (χ1n) is 13.5. The molecule has 0 bridgehead atoms. The van der Waals surface area contributed by atoms with E-state index in [0.717, 1.165) is 42.4 Å². The summed E-state index contributed by atoms with van der Waals surface area (Å²) in [7, 11) is 0. The van der Waals surface area contributed by atoms with Gasteiger partial charge in [0.1, 0.15) is 17.7 Å². The summed E-state index contributed by atoms with van der Waals surface area (Å²) in [5.74, 6) is -0.0639. The van der Waals surface area contributed by atoms with E-state index in [0.29, 0.717) is 12.5 Å². The minimum absolute atomic E-state index is 0.0719. The molecule has 0 fully saturated rings. The second-order valence-electron chi connectivity index (χ2n) is 11.4. The molecule has 1 aromatic rings. The first-order valence-corrected chi connectivity index (χ1v) is 14.1. The lowest BCUT2D eigenvalue weighted by Gasteiger charge is -2.38. The van der Waals surface area contributed by atoms with E-state index in [1.807, 2.05) is 39.0 Å². The van der Waals surface area contributed by atoms with E-state index in [1.165, 1.54) is 0 Å². The van der Waals surface area contributed by atoms with E-state index in [-0.39, 0.29) is 23.6 Å². The number of aryl methyl sites for hydroxylation is 2. The Bertz CT molecular complexity index is 877. The Hall–Kier alpha value is -2.22. The number of thiol groups is 1. The normalized spacial score (nSPS) is 14.0. The molecule has 1 rings (SSSR count). The van der Waals surface area contributed by atoms with Crippen LogP contribution >= 0.6 is 12.6 Å². The van der Waals surface area contributed by atoms with Crippen molar-refractivity contribution < 1.29 is 19.1 Å². The summed E-state index contributed by atoms with van der Waals surface area (Å²) in [6.45, 7) is 18.1. The van der Waals surface area contributed by atoms with Gasteiger partial charge in [-0.05, 0) is 72.3 Å². The van der Waals surface area contributed by atoms with Crippen LogP contribution in [-0.2, 0) is 14.3 Å². The second-order valence-corrected chi connectivity index (χ2v) is 11.8. The van der Waals surface area contributed by atoms with Gasteiger partial charge in [-0.3, -0.25) is 9.59 Å². The Kier molecular flexibility index (Phi) is 13.5. The lowest BCUT2D eigenvalue weighted by atomic mass is 9.95. The number of carbonyl (C=O) groups is 3. The fourth-order valence-electron chi connectivity index (χ4n) is 4.22. The Morgan fingerprint density at radius 2 is 1.62 bits per heavy atom. The van der Waals surface area contributed by atoms with Crippen molar-refractivity contribution in [1.82, 2.24) is 15.5 Å². The van der Waals surface area contributed by atoms with Crippen LogP contribution in [0, 0.1) is 19.8 Å². The SMILES string of the molecule is CCCCNC(=O)C(c1cc(C)cc(C)c1)N(C(=O)C(CS)NC(=O)OC(C)(C)C)C(C)CCC(C)C. The number of nitrogens with zero attached hydrogens (tertiary/aromatic N) is 1. The molecule has 0 saturated heterocycles. The minimum Gasteiger partial charge on any atom is -0.444 e. The first kappa shape index (κ1) is 32.8. The molecule has 0 aliphatic carbocycles. The fourth-order valence-corrected chi connectivity index (χ4v) is 4.47. The quantitative estimate of drug-likeness (QED) is 0.222. The highest BCUT2D eigenvalue weighted by Crippen LogP contribution is 2.29. The summed E-state index contributed by atoms with van der Waals surface area (Å²) in [6.07, 6.45) is 2.72. The lowest BCUT2D eigenvalue weighted by Crippen LogP contribution is -2.56. The van der Waals surface area contributed by atoms with E-state index in [2.05, 4.69) is 44.0 Å². The highest BCUT2D eigenvalue weighted by Gasteiger charge is 2.38. The molecule has 0 saturated carbocycles. The standard InChI is InChI=1S/C29H49N3O4S/c1-10-11-14-30-26(33)25(23-16-20(4)15-21(5)17-23)32(22(6)13-12-19(2)3)27(34)24(18-37)31-28(35)36-29(7,8)9/h15-17,19,22,24-25,37H,10-14,18H2,1-9H3,(H,30,33)(H,31,35). The molecule has 0 radical (unpaired) electrons. The maximum Gasteiger partial charge on any atom is 0.408 e. The maximum absolute atomic E-state index is 14.1. The van der Waals surface area contributed by atoms with Crippen LogP contribution in [0.2, 0.25) is 0 Å². The molecule has 1 aromatic carbocycles. The van der Waals surface area contributed by atoms with Crippen molar-refractivity contribution >= 4 is 30.5 Å². The third-order valence-corrected chi connectivity index (χ3v) is 6.34. The van der Waals surface area contributed by atoms with Crippen molar-refractivity contribution in [2.24, 2.45) is 5.92 Å². The average molecular weight is 536 g/mol. The molecular weight excluding hydrogens is 486 g/mol. The number of benzene rings is 1. The third kappa shape index (κ3) is 11.4. The van der Waals surface area contributed by atoms with Crippen molar-refractivity contribution in [2.75, 3.05) is 12.3 Å². The topological polar surface area (TPSA) is 87.7 Å². The molecule has 8 heteroatoms. The Morgan fingerprint density at radius 3 is 2.11 bits per heavy atom. The number of unbranched alkanes of at least 4 members (excludes halogenated alkanes) is 1. The highest BCUT2D eigenvalue weighted by molar-refractivity contribution is 7.80. The Morgan fingerprint density at radius 1 is 1.03 bits per heavy atom. The van der Waals surface area contributed by atoms with Crippen LogP contribution in [0.15, 0.2) is 18.2 Å². The molecule has 37 heavy (non-hydrogen) atoms. The van der Waals surface area contributed by atoms with Gasteiger partial charge in [-0.1, -0.05) is 56.5 Å². The Labute approximate surface area is 229 Å². The summed E-state index contributed by atoms with van der Waals surface area (Å²) in [6, 6.07) is 3.93. The van der Waals surface area contributed by atoms with Gasteiger partial charge in [-0.2, -0.15) is 12.6 Å². The van der Waals surface area contributed by atoms with E-state index >= 15 is 0 Å². The number of alkyl carbamates (subject to hydrolysis) is 1. The third-order valence-electron chi connectivity index (χ3n) is 5.98. The molecular formula is C29H49N3O4S. The number of rotatable bonds is 13. The maximum atomic E-state index is 14.1. The fraction of sp³-hybridized carbons (Fsp3) is 0.690. The molecule has 3 atom stereocenters. The van der Waals surface area contributed by atoms with E-state index in [4.69, 9.17) is 4.74 Å². The zero-order valence-corrected chi connectivity index (χ0v) is 25.2. The number of hydrogen-bond acceptors (Lipinski definition) is 5. The zero-order valence-electron chi connectivity index (χ0n) is 24.3. The molecule has 3 amide bonds. The molecule has 0 aromatic heterocycles. The van der Waals surface area contributed by atoms with Crippen LogP contribution < -0.4 is 10.6 Å². The predicted octanol–water partition coefficient (Wildman–Crippen LogP) is 5.74. The van der Waals surface area contributed by atoms with Gasteiger partial charge >= 0.3 is 6.09 Å². The summed E-state index contributed by atoms with van der Waals surface area (Å²) in [4.78, 5) is 42.0. The smallest absolute Gasteiger partial charge is 0.408 e. The predicted molar refractivity (Wildman–Crippen MR) is 154 cm³/mol. The van der Waals surface area contributed by atoms with E-state index < -0.39 is 23.8 Å². The second kappa shape index (κ2) is 15.3. The van der Waals surface area contributed by atoms with Gasteiger partial charge in [0.15, 0.2) is 0 Å². The van der Waals surface area contributed by atoms with Crippen LogP contribution in [0.25, 0.3) is 0 Å². The summed E-state index contributed by atoms with van der Waals surface area (Å²) in [5.41, 5.74) is 2.08. The van der Waals surface area contributed by atoms with Gasteiger partial charge in [0.05, 0.1) is 0 Å². The molecule has 0 heterocycles. The molecule has 7 nitrogen and oxygen atoms in total. The van der Waals surface area contributed by atoms with Crippen molar-refractivity contribution in [2.45, 2.75) is 112 Å². The van der Waals surface area contributed by atoms with Crippen molar-refractivity contribution in [1.29, 1.82) is 0 Å². The van der Waals surface area contributed by atoms with Crippen LogP contribution in [0.3, 0.4) is 0 Å². The highest BCUT2D eigenvalue weighted by atomic mass is 32.1. The molecule has 0 aliphatic rings. The van der Waals surface area contributed by atoms with Crippen molar-refractivity contribution in [3.8, 4) is 0 Å².